The number of benzene rings is 1. The van der Waals surface area contributed by atoms with Crippen molar-refractivity contribution in [3.8, 4) is 6.07 Å². The Morgan fingerprint density at radius 3 is 2.33 bits per heavy atom. The minimum Gasteiger partial charge on any atom is -0.296 e. The molecule has 1 rings (SSSR count). The average molecular weight is 265 g/mol. The molecule has 0 aliphatic heterocycles. The van der Waals surface area contributed by atoms with Crippen molar-refractivity contribution in [1.82, 2.24) is 0 Å². The first-order chi connectivity index (χ1) is 8.29. The van der Waals surface area contributed by atoms with Gasteiger partial charge in [-0.1, -0.05) is 24.3 Å². The summed E-state index contributed by atoms with van der Waals surface area (Å²) in [5, 5.41) is 7.96. The van der Waals surface area contributed by atoms with Crippen LogP contribution >= 0.6 is 0 Å². The van der Waals surface area contributed by atoms with Gasteiger partial charge in [0.1, 0.15) is 11.2 Å². The van der Waals surface area contributed by atoms with E-state index in [0.717, 1.165) is 11.8 Å². The number of hydrogen-bond donors (Lipinski definition) is 0. The van der Waals surface area contributed by atoms with Crippen LogP contribution in [0.1, 0.15) is 24.0 Å². The van der Waals surface area contributed by atoms with Gasteiger partial charge in [-0.25, -0.2) is 8.42 Å². The molecule has 2 unspecified atom stereocenters. The molecule has 0 aromatic heterocycles. The lowest BCUT2D eigenvalue weighted by Gasteiger charge is -2.15. The summed E-state index contributed by atoms with van der Waals surface area (Å²) in [7, 11) is -3.48. The maximum absolute atomic E-state index is 12.1. The summed E-state index contributed by atoms with van der Waals surface area (Å²) >= 11 is 0. The fourth-order valence-electron chi connectivity index (χ4n) is 1.64. The minimum absolute atomic E-state index is 0.570. The standard InChI is InChI=1S/C13H15NO3S/c1-9-6-4-5-7-11(9)12(8-14)13(15)10(2)18(3,16)17/h4-7,10,12H,1-3H3. The molecular formula is C13H15NO3S. The van der Waals surface area contributed by atoms with Crippen LogP contribution in [0.25, 0.3) is 0 Å². The molecule has 1 aromatic carbocycles. The highest BCUT2D eigenvalue weighted by Gasteiger charge is 2.31. The number of carbonyl (C=O) groups excluding carboxylic acids is 1. The maximum Gasteiger partial charge on any atom is 0.172 e. The molecule has 0 aliphatic carbocycles. The average Bonchev–Trinajstić information content (AvgIpc) is 2.30. The number of aryl methyl sites for hydroxylation is 1. The molecule has 0 saturated carbocycles. The molecule has 18 heavy (non-hydrogen) atoms. The van der Waals surface area contributed by atoms with E-state index in [1.54, 1.807) is 31.2 Å². The fraction of sp³-hybridized carbons (Fsp3) is 0.385. The molecule has 0 saturated heterocycles. The van der Waals surface area contributed by atoms with Gasteiger partial charge in [-0.15, -0.1) is 0 Å². The maximum atomic E-state index is 12.1. The lowest BCUT2D eigenvalue weighted by atomic mass is 9.91. The van der Waals surface area contributed by atoms with Crippen LogP contribution in [0, 0.1) is 18.3 Å². The number of nitrogens with zero attached hydrogens (tertiary/aromatic N) is 1. The summed E-state index contributed by atoms with van der Waals surface area (Å²) < 4.78 is 22.8. The minimum atomic E-state index is -3.48. The van der Waals surface area contributed by atoms with Gasteiger partial charge in [0, 0.05) is 6.26 Å². The Morgan fingerprint density at radius 2 is 1.89 bits per heavy atom. The molecule has 5 heteroatoms. The predicted molar refractivity (Wildman–Crippen MR) is 68.8 cm³/mol. The van der Waals surface area contributed by atoms with Crippen molar-refractivity contribution < 1.29 is 13.2 Å². The van der Waals surface area contributed by atoms with Gasteiger partial charge in [-0.05, 0) is 25.0 Å². The monoisotopic (exact) mass is 265 g/mol. The third-order valence-electron chi connectivity index (χ3n) is 2.96. The summed E-state index contributed by atoms with van der Waals surface area (Å²) in [4.78, 5) is 12.1. The van der Waals surface area contributed by atoms with Gasteiger partial charge in [0.2, 0.25) is 0 Å². The number of rotatable bonds is 4. The molecule has 0 fully saturated rings. The molecule has 0 heterocycles. The van der Waals surface area contributed by atoms with E-state index in [4.69, 9.17) is 5.26 Å². The number of nitriles is 1. The second-order valence-electron chi connectivity index (χ2n) is 4.29. The van der Waals surface area contributed by atoms with E-state index in [1.165, 1.54) is 6.92 Å². The molecular weight excluding hydrogens is 250 g/mol. The first-order valence-corrected chi connectivity index (χ1v) is 7.42. The summed E-state index contributed by atoms with van der Waals surface area (Å²) in [5.74, 6) is -1.61. The van der Waals surface area contributed by atoms with Gasteiger partial charge < -0.3 is 0 Å². The third-order valence-corrected chi connectivity index (χ3v) is 4.47. The van der Waals surface area contributed by atoms with E-state index in [9.17, 15) is 13.2 Å². The van der Waals surface area contributed by atoms with Gasteiger partial charge in [0.05, 0.1) is 6.07 Å². The van der Waals surface area contributed by atoms with Gasteiger partial charge in [0.15, 0.2) is 15.6 Å². The number of Topliss-reactive ketones (excluding diaryl/α,β-unsaturated/α-hetero) is 1. The molecule has 0 radical (unpaired) electrons. The lowest BCUT2D eigenvalue weighted by molar-refractivity contribution is -0.118. The number of hydrogen-bond acceptors (Lipinski definition) is 4. The van der Waals surface area contributed by atoms with Gasteiger partial charge in [-0.3, -0.25) is 4.79 Å². The fourth-order valence-corrected chi connectivity index (χ4v) is 2.20. The Balaban J connectivity index is 3.18. The highest BCUT2D eigenvalue weighted by Crippen LogP contribution is 2.22. The second kappa shape index (κ2) is 5.32. The zero-order valence-corrected chi connectivity index (χ0v) is 11.4. The van der Waals surface area contributed by atoms with E-state index < -0.39 is 26.8 Å². The number of sulfone groups is 1. The Bertz CT molecular complexity index is 599. The van der Waals surface area contributed by atoms with E-state index in [0.29, 0.717) is 5.56 Å². The predicted octanol–water partition coefficient (Wildman–Crippen LogP) is 1.60. The number of carbonyl (C=O) groups is 1. The quantitative estimate of drug-likeness (QED) is 0.828. The van der Waals surface area contributed by atoms with Gasteiger partial charge in [-0.2, -0.15) is 5.26 Å². The molecule has 96 valence electrons. The van der Waals surface area contributed by atoms with E-state index in [2.05, 4.69) is 0 Å². The van der Waals surface area contributed by atoms with Crippen LogP contribution in [-0.4, -0.2) is 25.7 Å². The highest BCUT2D eigenvalue weighted by atomic mass is 32.2. The molecule has 4 nitrogen and oxygen atoms in total. The highest BCUT2D eigenvalue weighted by molar-refractivity contribution is 7.92. The van der Waals surface area contributed by atoms with Crippen LogP contribution < -0.4 is 0 Å². The van der Waals surface area contributed by atoms with Crippen molar-refractivity contribution in [2.45, 2.75) is 25.0 Å². The first-order valence-electron chi connectivity index (χ1n) is 5.46. The van der Waals surface area contributed by atoms with Crippen LogP contribution in [0.4, 0.5) is 0 Å². The zero-order valence-electron chi connectivity index (χ0n) is 10.5. The van der Waals surface area contributed by atoms with Crippen molar-refractivity contribution in [3.63, 3.8) is 0 Å². The van der Waals surface area contributed by atoms with Crippen molar-refractivity contribution in [2.24, 2.45) is 0 Å². The SMILES string of the molecule is Cc1ccccc1C(C#N)C(=O)C(C)S(C)(=O)=O. The van der Waals surface area contributed by atoms with Crippen molar-refractivity contribution in [2.75, 3.05) is 6.26 Å². The molecule has 0 aliphatic rings. The summed E-state index contributed by atoms with van der Waals surface area (Å²) in [6, 6.07) is 8.89. The molecule has 0 bridgehead atoms. The zero-order chi connectivity index (χ0) is 13.9. The summed E-state index contributed by atoms with van der Waals surface area (Å²) in [5.41, 5.74) is 1.37. The van der Waals surface area contributed by atoms with Crippen LogP contribution in [0.5, 0.6) is 0 Å². The molecule has 0 N–H and O–H groups in total. The van der Waals surface area contributed by atoms with Gasteiger partial charge >= 0.3 is 0 Å². The topological polar surface area (TPSA) is 75.0 Å². The first kappa shape index (κ1) is 14.4. The largest absolute Gasteiger partial charge is 0.296 e. The Kier molecular flexibility index (Phi) is 4.25. The second-order valence-corrected chi connectivity index (χ2v) is 6.66. The summed E-state index contributed by atoms with van der Waals surface area (Å²) in [6.45, 7) is 3.11. The molecule has 0 amide bonds. The van der Waals surface area contributed by atoms with Crippen LogP contribution in [0.2, 0.25) is 0 Å². The lowest BCUT2D eigenvalue weighted by Crippen LogP contribution is -2.30. The third kappa shape index (κ3) is 2.96. The number of ketones is 1. The van der Waals surface area contributed by atoms with E-state index in [-0.39, 0.29) is 0 Å². The van der Waals surface area contributed by atoms with Crippen molar-refractivity contribution in [1.29, 1.82) is 5.26 Å². The Hall–Kier alpha value is -1.67. The normalized spacial score (nSPS) is 14.6. The van der Waals surface area contributed by atoms with E-state index in [1.807, 2.05) is 6.07 Å². The van der Waals surface area contributed by atoms with Crippen molar-refractivity contribution in [3.05, 3.63) is 35.4 Å². The molecule has 2 atom stereocenters. The van der Waals surface area contributed by atoms with Crippen LogP contribution in [-0.2, 0) is 14.6 Å². The van der Waals surface area contributed by atoms with Gasteiger partial charge in [0.25, 0.3) is 0 Å². The Labute approximate surface area is 107 Å². The van der Waals surface area contributed by atoms with Crippen LogP contribution in [0.15, 0.2) is 24.3 Å². The van der Waals surface area contributed by atoms with E-state index >= 15 is 0 Å². The molecule has 0 spiro atoms. The van der Waals surface area contributed by atoms with Crippen LogP contribution in [0.3, 0.4) is 0 Å². The van der Waals surface area contributed by atoms with Crippen molar-refractivity contribution >= 4 is 15.6 Å². The Morgan fingerprint density at radius 1 is 1.33 bits per heavy atom. The smallest absolute Gasteiger partial charge is 0.172 e. The molecule has 1 aromatic rings. The summed E-state index contributed by atoms with van der Waals surface area (Å²) in [6.07, 6.45) is 1.00.